The molecule has 2 nitrogen and oxygen atoms in total. The van der Waals surface area contributed by atoms with Gasteiger partial charge in [0.05, 0.1) is 0 Å². The van der Waals surface area contributed by atoms with Crippen molar-refractivity contribution in [1.82, 2.24) is 0 Å². The largest absolute Gasteiger partial charge is 0.507 e. The summed E-state index contributed by atoms with van der Waals surface area (Å²) in [5, 5.41) is 10.0. The Balaban J connectivity index is 2.41. The van der Waals surface area contributed by atoms with Crippen molar-refractivity contribution < 1.29 is 9.84 Å². The summed E-state index contributed by atoms with van der Waals surface area (Å²) < 4.78 is 5.96. The molecular weight excluding hydrogens is 212 g/mol. The number of hydrogen-bond acceptors (Lipinski definition) is 2. The molecule has 17 heavy (non-hydrogen) atoms. The number of phenolic OH excluding ortho intramolecular Hbond substituents is 1. The number of fused-ring (bicyclic) bond motifs is 1. The van der Waals surface area contributed by atoms with Gasteiger partial charge in [0, 0.05) is 12.0 Å². The second kappa shape index (κ2) is 4.44. The van der Waals surface area contributed by atoms with Crippen molar-refractivity contribution in [2.24, 2.45) is 0 Å². The Labute approximate surface area is 103 Å². The normalized spacial score (nSPS) is 18.5. The van der Waals surface area contributed by atoms with Crippen molar-refractivity contribution in [3.8, 4) is 11.5 Å². The molecule has 1 aromatic rings. The third-order valence-corrected chi connectivity index (χ3v) is 3.60. The van der Waals surface area contributed by atoms with Crippen LogP contribution in [0.25, 0.3) is 0 Å². The van der Waals surface area contributed by atoms with Crippen LogP contribution in [0.15, 0.2) is 12.2 Å². The zero-order valence-electron chi connectivity index (χ0n) is 11.0. The molecule has 1 aromatic carbocycles. The summed E-state index contributed by atoms with van der Waals surface area (Å²) in [5.41, 5.74) is 4.13. The monoisotopic (exact) mass is 232 g/mol. The highest BCUT2D eigenvalue weighted by Crippen LogP contribution is 2.41. The smallest absolute Gasteiger partial charge is 0.127 e. The second-order valence-electron chi connectivity index (χ2n) is 4.73. The van der Waals surface area contributed by atoms with Gasteiger partial charge in [0.2, 0.25) is 0 Å². The van der Waals surface area contributed by atoms with Crippen molar-refractivity contribution in [2.75, 3.05) is 0 Å². The molecule has 92 valence electrons. The summed E-state index contributed by atoms with van der Waals surface area (Å²) in [7, 11) is 0. The Morgan fingerprint density at radius 1 is 1.24 bits per heavy atom. The van der Waals surface area contributed by atoms with Crippen LogP contribution in [-0.4, -0.2) is 11.2 Å². The molecule has 1 aliphatic rings. The third kappa shape index (κ3) is 1.92. The van der Waals surface area contributed by atoms with Crippen molar-refractivity contribution in [1.29, 1.82) is 0 Å². The maximum atomic E-state index is 10.0. The second-order valence-corrected chi connectivity index (χ2v) is 4.73. The number of ether oxygens (including phenoxy) is 1. The molecule has 1 aliphatic heterocycles. The lowest BCUT2D eigenvalue weighted by Crippen LogP contribution is -2.08. The van der Waals surface area contributed by atoms with E-state index in [1.807, 2.05) is 20.8 Å². The van der Waals surface area contributed by atoms with Crippen molar-refractivity contribution in [3.63, 3.8) is 0 Å². The summed E-state index contributed by atoms with van der Waals surface area (Å²) in [5.74, 6) is 1.40. The van der Waals surface area contributed by atoms with Crippen LogP contribution in [0.1, 0.15) is 35.6 Å². The number of hydrogen-bond donors (Lipinski definition) is 1. The van der Waals surface area contributed by atoms with Crippen LogP contribution in [0.3, 0.4) is 0 Å². The zero-order chi connectivity index (χ0) is 12.6. The Hall–Kier alpha value is -1.44. The van der Waals surface area contributed by atoms with Gasteiger partial charge in [-0.1, -0.05) is 13.0 Å². The van der Waals surface area contributed by atoms with Crippen LogP contribution in [0.5, 0.6) is 11.5 Å². The molecule has 0 aliphatic carbocycles. The number of allylic oxidation sites excluding steroid dienone is 1. The van der Waals surface area contributed by atoms with Crippen molar-refractivity contribution in [2.45, 2.75) is 46.6 Å². The van der Waals surface area contributed by atoms with Gasteiger partial charge >= 0.3 is 0 Å². The lowest BCUT2D eigenvalue weighted by atomic mass is 9.96. The van der Waals surface area contributed by atoms with Crippen molar-refractivity contribution >= 4 is 0 Å². The highest BCUT2D eigenvalue weighted by Gasteiger charge is 2.27. The van der Waals surface area contributed by atoms with Crippen LogP contribution in [0.4, 0.5) is 0 Å². The van der Waals surface area contributed by atoms with Crippen LogP contribution in [0.2, 0.25) is 0 Å². The van der Waals surface area contributed by atoms with Gasteiger partial charge in [-0.15, -0.1) is 0 Å². The van der Waals surface area contributed by atoms with Gasteiger partial charge in [0.15, 0.2) is 0 Å². The SMILES string of the molecule is CC/C=C/C1Cc2c(C)c(O)c(C)c(C)c2O1. The first-order valence-electron chi connectivity index (χ1n) is 6.21. The first kappa shape index (κ1) is 12.0. The van der Waals surface area contributed by atoms with E-state index >= 15 is 0 Å². The molecule has 0 saturated heterocycles. The predicted molar refractivity (Wildman–Crippen MR) is 69.9 cm³/mol. The van der Waals surface area contributed by atoms with Gasteiger partial charge in [0.1, 0.15) is 17.6 Å². The minimum absolute atomic E-state index is 0.128. The molecule has 0 aromatic heterocycles. The highest BCUT2D eigenvalue weighted by molar-refractivity contribution is 5.59. The molecule has 0 bridgehead atoms. The van der Waals surface area contributed by atoms with E-state index in [9.17, 15) is 5.11 Å². The minimum atomic E-state index is 0.128. The van der Waals surface area contributed by atoms with E-state index in [0.717, 1.165) is 40.8 Å². The van der Waals surface area contributed by atoms with Crippen molar-refractivity contribution in [3.05, 3.63) is 34.4 Å². The summed E-state index contributed by atoms with van der Waals surface area (Å²) in [6.45, 7) is 8.04. The van der Waals surface area contributed by atoms with Gasteiger partial charge in [-0.2, -0.15) is 0 Å². The summed E-state index contributed by atoms with van der Waals surface area (Å²) in [4.78, 5) is 0. The van der Waals surface area contributed by atoms with Gasteiger partial charge in [0.25, 0.3) is 0 Å². The Kier molecular flexibility index (Phi) is 3.14. The van der Waals surface area contributed by atoms with Gasteiger partial charge in [-0.05, 0) is 50.0 Å². The van der Waals surface area contributed by atoms with E-state index < -0.39 is 0 Å². The average molecular weight is 232 g/mol. The van der Waals surface area contributed by atoms with E-state index in [1.54, 1.807) is 0 Å². The fourth-order valence-corrected chi connectivity index (χ4v) is 2.36. The summed E-state index contributed by atoms with van der Waals surface area (Å²) in [6.07, 6.45) is 6.27. The predicted octanol–water partition coefficient (Wildman–Crippen LogP) is 3.59. The first-order chi connectivity index (χ1) is 8.06. The molecule has 0 radical (unpaired) electrons. The summed E-state index contributed by atoms with van der Waals surface area (Å²) in [6, 6.07) is 0. The molecule has 0 spiro atoms. The third-order valence-electron chi connectivity index (χ3n) is 3.60. The Morgan fingerprint density at radius 2 is 1.94 bits per heavy atom. The van der Waals surface area contributed by atoms with Gasteiger partial charge < -0.3 is 9.84 Å². The van der Waals surface area contributed by atoms with Crippen LogP contribution >= 0.6 is 0 Å². The number of aromatic hydroxyl groups is 1. The molecular formula is C15H20O2. The Morgan fingerprint density at radius 3 is 2.59 bits per heavy atom. The number of phenols is 1. The fraction of sp³-hybridized carbons (Fsp3) is 0.467. The van der Waals surface area contributed by atoms with E-state index in [2.05, 4.69) is 19.1 Å². The molecule has 0 amide bonds. The Bertz CT molecular complexity index is 436. The lowest BCUT2D eigenvalue weighted by molar-refractivity contribution is 0.281. The van der Waals surface area contributed by atoms with Crippen LogP contribution in [-0.2, 0) is 6.42 Å². The van der Waals surface area contributed by atoms with Crippen LogP contribution in [0, 0.1) is 20.8 Å². The first-order valence-corrected chi connectivity index (χ1v) is 6.21. The maximum absolute atomic E-state index is 10.0. The molecule has 2 heteroatoms. The topological polar surface area (TPSA) is 29.5 Å². The standard InChI is InChI=1S/C15H20O2/c1-5-6-7-12-8-13-11(4)14(16)9(2)10(3)15(13)17-12/h6-7,12,16H,5,8H2,1-4H3/b7-6+. The molecule has 1 atom stereocenters. The highest BCUT2D eigenvalue weighted by atomic mass is 16.5. The molecule has 0 saturated carbocycles. The summed E-state index contributed by atoms with van der Waals surface area (Å²) >= 11 is 0. The minimum Gasteiger partial charge on any atom is -0.507 e. The zero-order valence-corrected chi connectivity index (χ0v) is 11.0. The van der Waals surface area contributed by atoms with Gasteiger partial charge in [-0.25, -0.2) is 0 Å². The average Bonchev–Trinajstić information content (AvgIpc) is 2.75. The molecule has 0 fully saturated rings. The van der Waals surface area contributed by atoms with E-state index in [4.69, 9.17) is 4.74 Å². The molecule has 1 unspecified atom stereocenters. The van der Waals surface area contributed by atoms with E-state index in [1.165, 1.54) is 0 Å². The molecule has 1 heterocycles. The van der Waals surface area contributed by atoms with E-state index in [0.29, 0.717) is 5.75 Å². The lowest BCUT2D eigenvalue weighted by Gasteiger charge is -2.12. The maximum Gasteiger partial charge on any atom is 0.127 e. The quantitative estimate of drug-likeness (QED) is 0.790. The number of benzene rings is 1. The number of rotatable bonds is 2. The molecule has 1 N–H and O–H groups in total. The van der Waals surface area contributed by atoms with Gasteiger partial charge in [-0.3, -0.25) is 0 Å². The molecule has 2 rings (SSSR count). The van der Waals surface area contributed by atoms with E-state index in [-0.39, 0.29) is 6.10 Å². The fourth-order valence-electron chi connectivity index (χ4n) is 2.36. The van der Waals surface area contributed by atoms with Crippen LogP contribution < -0.4 is 4.74 Å².